The normalized spacial score (nSPS) is 17.1. The van der Waals surface area contributed by atoms with Gasteiger partial charge in [0.2, 0.25) is 0 Å². The minimum absolute atomic E-state index is 0.208. The molecule has 0 unspecified atom stereocenters. The number of benzene rings is 1. The predicted octanol–water partition coefficient (Wildman–Crippen LogP) is 4.21. The van der Waals surface area contributed by atoms with Crippen molar-refractivity contribution in [2.24, 2.45) is 0 Å². The fourth-order valence-electron chi connectivity index (χ4n) is 3.02. The first-order valence-corrected chi connectivity index (χ1v) is 9.78. The van der Waals surface area contributed by atoms with Crippen molar-refractivity contribution >= 4 is 45.9 Å². The summed E-state index contributed by atoms with van der Waals surface area (Å²) in [4.78, 5) is 37.6. The van der Waals surface area contributed by atoms with Crippen LogP contribution in [-0.4, -0.2) is 39.7 Å². The van der Waals surface area contributed by atoms with Crippen LogP contribution in [0.3, 0.4) is 0 Å². The van der Waals surface area contributed by atoms with Crippen molar-refractivity contribution in [2.45, 2.75) is 33.2 Å². The fourth-order valence-corrected chi connectivity index (χ4v) is 3.85. The number of esters is 1. The van der Waals surface area contributed by atoms with E-state index < -0.39 is 17.1 Å². The van der Waals surface area contributed by atoms with Gasteiger partial charge < -0.3 is 9.30 Å². The first-order valence-electron chi connectivity index (χ1n) is 8.96. The lowest BCUT2D eigenvalue weighted by Crippen LogP contribution is -2.34. The Labute approximate surface area is 162 Å². The van der Waals surface area contributed by atoms with E-state index in [-0.39, 0.29) is 13.2 Å². The summed E-state index contributed by atoms with van der Waals surface area (Å²) >= 11 is 0.850. The number of imide groups is 1. The monoisotopic (exact) mass is 386 g/mol. The van der Waals surface area contributed by atoms with Gasteiger partial charge in [-0.15, -0.1) is 0 Å². The second kappa shape index (κ2) is 8.00. The van der Waals surface area contributed by atoms with Gasteiger partial charge in [0.1, 0.15) is 6.54 Å². The number of ether oxygens (including phenoxy) is 1. The molecule has 1 atom stereocenters. The van der Waals surface area contributed by atoms with Crippen molar-refractivity contribution in [1.82, 2.24) is 9.47 Å². The highest BCUT2D eigenvalue weighted by Gasteiger charge is 2.36. The first kappa shape index (κ1) is 19.2. The molecule has 0 bridgehead atoms. The van der Waals surface area contributed by atoms with Crippen LogP contribution in [0.2, 0.25) is 0 Å². The van der Waals surface area contributed by atoms with Crippen molar-refractivity contribution < 1.29 is 19.1 Å². The van der Waals surface area contributed by atoms with Crippen LogP contribution in [0.1, 0.15) is 38.8 Å². The van der Waals surface area contributed by atoms with Gasteiger partial charge in [-0.05, 0) is 44.2 Å². The SMILES string of the molecule is CCOC(=O)CN1C(=O)S/C(=C/c2cn([C@@H](C)CC)c3ccccc23)C1=O. The van der Waals surface area contributed by atoms with Crippen LogP contribution >= 0.6 is 11.8 Å². The van der Waals surface area contributed by atoms with Crippen molar-refractivity contribution in [3.05, 3.63) is 40.9 Å². The summed E-state index contributed by atoms with van der Waals surface area (Å²) in [5, 5.41) is 0.569. The molecule has 0 N–H and O–H groups in total. The standard InChI is InChI=1S/C20H22N2O4S/c1-4-13(3)21-11-14(15-8-6-7-9-16(15)21)10-17-19(24)22(20(25)27-17)12-18(23)26-5-2/h6-11,13H,4-5,12H2,1-3H3/b17-10+/t13-/m0/s1. The van der Waals surface area contributed by atoms with Gasteiger partial charge in [0.15, 0.2) is 0 Å². The van der Waals surface area contributed by atoms with E-state index >= 15 is 0 Å². The molecule has 0 radical (unpaired) electrons. The summed E-state index contributed by atoms with van der Waals surface area (Å²) in [5.41, 5.74) is 1.97. The Kier molecular flexibility index (Phi) is 5.70. The molecule has 7 heteroatoms. The Balaban J connectivity index is 1.94. The predicted molar refractivity (Wildman–Crippen MR) is 106 cm³/mol. The molecule has 6 nitrogen and oxygen atoms in total. The van der Waals surface area contributed by atoms with Gasteiger partial charge in [0.05, 0.1) is 11.5 Å². The lowest BCUT2D eigenvalue weighted by atomic mass is 10.1. The van der Waals surface area contributed by atoms with Gasteiger partial charge in [0.25, 0.3) is 11.1 Å². The Hall–Kier alpha value is -2.54. The number of thioether (sulfide) groups is 1. The van der Waals surface area contributed by atoms with Crippen LogP contribution in [0.5, 0.6) is 0 Å². The highest BCUT2D eigenvalue weighted by Crippen LogP contribution is 2.34. The number of carbonyl (C=O) groups excluding carboxylic acids is 3. The molecule has 1 aliphatic heterocycles. The molecule has 1 aromatic heterocycles. The highest BCUT2D eigenvalue weighted by atomic mass is 32.2. The highest BCUT2D eigenvalue weighted by molar-refractivity contribution is 8.18. The number of aromatic nitrogens is 1. The Morgan fingerprint density at radius 1 is 1.26 bits per heavy atom. The molecule has 3 rings (SSSR count). The molecule has 0 spiro atoms. The summed E-state index contributed by atoms with van der Waals surface area (Å²) in [6, 6.07) is 8.30. The lowest BCUT2D eigenvalue weighted by Gasteiger charge is -2.12. The van der Waals surface area contributed by atoms with Crippen molar-refractivity contribution in [3.63, 3.8) is 0 Å². The number of hydrogen-bond donors (Lipinski definition) is 0. The fraction of sp³-hybridized carbons (Fsp3) is 0.350. The van der Waals surface area contributed by atoms with Crippen molar-refractivity contribution in [3.8, 4) is 0 Å². The number of amides is 2. The zero-order valence-corrected chi connectivity index (χ0v) is 16.4. The second-order valence-corrected chi connectivity index (χ2v) is 7.33. The van der Waals surface area contributed by atoms with Crippen LogP contribution in [0, 0.1) is 0 Å². The molecule has 1 aromatic carbocycles. The van der Waals surface area contributed by atoms with E-state index in [2.05, 4.69) is 18.4 Å². The van der Waals surface area contributed by atoms with Gasteiger partial charge in [-0.1, -0.05) is 25.1 Å². The number of carbonyl (C=O) groups is 3. The number of fused-ring (bicyclic) bond motifs is 1. The quantitative estimate of drug-likeness (QED) is 0.549. The van der Waals surface area contributed by atoms with Gasteiger partial charge >= 0.3 is 5.97 Å². The Morgan fingerprint density at radius 2 is 2.00 bits per heavy atom. The molecular weight excluding hydrogens is 364 g/mol. The van der Waals surface area contributed by atoms with E-state index in [1.165, 1.54) is 0 Å². The maximum absolute atomic E-state index is 12.6. The topological polar surface area (TPSA) is 68.6 Å². The van der Waals surface area contributed by atoms with Gasteiger partial charge in [-0.2, -0.15) is 0 Å². The summed E-state index contributed by atoms with van der Waals surface area (Å²) in [5.74, 6) is -1.05. The summed E-state index contributed by atoms with van der Waals surface area (Å²) in [6.45, 7) is 5.80. The zero-order valence-electron chi connectivity index (χ0n) is 15.6. The van der Waals surface area contributed by atoms with Crippen molar-refractivity contribution in [2.75, 3.05) is 13.2 Å². The van der Waals surface area contributed by atoms with Gasteiger partial charge in [-0.25, -0.2) is 0 Å². The minimum atomic E-state index is -0.588. The smallest absolute Gasteiger partial charge is 0.326 e. The zero-order chi connectivity index (χ0) is 19.6. The Bertz CT molecular complexity index is 931. The average molecular weight is 386 g/mol. The van der Waals surface area contributed by atoms with E-state index in [9.17, 15) is 14.4 Å². The maximum Gasteiger partial charge on any atom is 0.326 e. The summed E-state index contributed by atoms with van der Waals surface area (Å²) < 4.78 is 7.02. The third-order valence-corrected chi connectivity index (χ3v) is 5.50. The summed E-state index contributed by atoms with van der Waals surface area (Å²) in [6.07, 6.45) is 4.73. The van der Waals surface area contributed by atoms with Gasteiger partial charge in [0, 0.05) is 28.7 Å². The lowest BCUT2D eigenvalue weighted by molar-refractivity contribution is -0.145. The average Bonchev–Trinajstić information content (AvgIpc) is 3.15. The third kappa shape index (κ3) is 3.78. The maximum atomic E-state index is 12.6. The number of rotatable bonds is 6. The molecule has 2 heterocycles. The molecule has 27 heavy (non-hydrogen) atoms. The van der Waals surface area contributed by atoms with E-state index in [4.69, 9.17) is 4.74 Å². The molecular formula is C20H22N2O4S. The molecule has 142 valence electrons. The molecule has 2 aromatic rings. The number of nitrogens with zero attached hydrogens (tertiary/aromatic N) is 2. The molecule has 1 saturated heterocycles. The largest absolute Gasteiger partial charge is 0.465 e. The van der Waals surface area contributed by atoms with E-state index in [1.54, 1.807) is 13.0 Å². The van der Waals surface area contributed by atoms with Crippen LogP contribution < -0.4 is 0 Å². The molecule has 0 saturated carbocycles. The molecule has 1 fully saturated rings. The first-order chi connectivity index (χ1) is 13.0. The van der Waals surface area contributed by atoms with E-state index in [0.29, 0.717) is 10.9 Å². The van der Waals surface area contributed by atoms with Gasteiger partial charge in [-0.3, -0.25) is 19.3 Å². The Morgan fingerprint density at radius 3 is 2.70 bits per heavy atom. The van der Waals surface area contributed by atoms with Crippen LogP contribution in [0.25, 0.3) is 17.0 Å². The molecule has 1 aliphatic rings. The van der Waals surface area contributed by atoms with Crippen LogP contribution in [0.4, 0.5) is 4.79 Å². The number of para-hydroxylation sites is 1. The van der Waals surface area contributed by atoms with Crippen LogP contribution in [0.15, 0.2) is 35.4 Å². The van der Waals surface area contributed by atoms with Crippen LogP contribution in [-0.2, 0) is 14.3 Å². The number of hydrogen-bond acceptors (Lipinski definition) is 5. The van der Waals surface area contributed by atoms with E-state index in [1.807, 2.05) is 30.5 Å². The summed E-state index contributed by atoms with van der Waals surface area (Å²) in [7, 11) is 0. The molecule has 0 aliphatic carbocycles. The van der Waals surface area contributed by atoms with Crippen molar-refractivity contribution in [1.29, 1.82) is 0 Å². The molecule has 2 amide bonds. The van der Waals surface area contributed by atoms with E-state index in [0.717, 1.165) is 39.5 Å². The minimum Gasteiger partial charge on any atom is -0.465 e. The third-order valence-electron chi connectivity index (χ3n) is 4.59. The second-order valence-electron chi connectivity index (χ2n) is 6.34.